The number of rotatable bonds is 7. The molecular weight excluding hydrogens is 441 g/mol. The smallest absolute Gasteiger partial charge is 0.481 e. The molecule has 1 aromatic carbocycles. The van der Waals surface area contributed by atoms with Gasteiger partial charge < -0.3 is 19.7 Å². The number of ether oxygens (including phenoxy) is 1. The molecule has 0 atom stereocenters. The normalized spacial score (nSPS) is 14.5. The highest BCUT2D eigenvalue weighted by Crippen LogP contribution is 2.47. The van der Waals surface area contributed by atoms with Gasteiger partial charge in [-0.15, -0.1) is 13.2 Å². The summed E-state index contributed by atoms with van der Waals surface area (Å²) in [6.45, 7) is 0.166. The van der Waals surface area contributed by atoms with Crippen LogP contribution in [0.3, 0.4) is 0 Å². The van der Waals surface area contributed by atoms with Crippen LogP contribution >= 0.6 is 0 Å². The summed E-state index contributed by atoms with van der Waals surface area (Å²) < 4.78 is 42.4. The van der Waals surface area contributed by atoms with E-state index in [0.717, 1.165) is 0 Å². The van der Waals surface area contributed by atoms with Gasteiger partial charge in [-0.2, -0.15) is 0 Å². The van der Waals surface area contributed by atoms with Gasteiger partial charge in [-0.25, -0.2) is 9.97 Å². The second-order valence-electron chi connectivity index (χ2n) is 7.79. The number of carboxylic acids is 1. The Morgan fingerprint density at radius 3 is 2.52 bits per heavy atom. The predicted molar refractivity (Wildman–Crippen MR) is 112 cm³/mol. The Morgan fingerprint density at radius 1 is 1.21 bits per heavy atom. The van der Waals surface area contributed by atoms with Crippen LogP contribution in [0.4, 0.5) is 19.1 Å². The van der Waals surface area contributed by atoms with E-state index in [-0.39, 0.29) is 29.4 Å². The molecule has 2 aromatic heterocycles. The highest BCUT2D eigenvalue weighted by atomic mass is 19.4. The minimum absolute atomic E-state index is 0.166. The molecule has 0 bridgehead atoms. The van der Waals surface area contributed by atoms with Gasteiger partial charge in [0.2, 0.25) is 5.95 Å². The molecule has 33 heavy (non-hydrogen) atoms. The number of pyridine rings is 1. The van der Waals surface area contributed by atoms with Crippen LogP contribution in [0, 0.1) is 0 Å². The Balaban J connectivity index is 1.50. The largest absolute Gasteiger partial charge is 0.573 e. The zero-order chi connectivity index (χ0) is 23.8. The van der Waals surface area contributed by atoms with Crippen LogP contribution in [0.15, 0.2) is 53.7 Å². The minimum atomic E-state index is -4.77. The fourth-order valence-corrected chi connectivity index (χ4v) is 3.54. The van der Waals surface area contributed by atoms with Crippen molar-refractivity contribution in [3.05, 3.63) is 70.4 Å². The van der Waals surface area contributed by atoms with Gasteiger partial charge in [-0.05, 0) is 36.6 Å². The monoisotopic (exact) mass is 460 g/mol. The van der Waals surface area contributed by atoms with Crippen molar-refractivity contribution in [2.75, 3.05) is 5.32 Å². The van der Waals surface area contributed by atoms with E-state index in [1.54, 1.807) is 25.4 Å². The van der Waals surface area contributed by atoms with E-state index in [1.165, 1.54) is 35.2 Å². The van der Waals surface area contributed by atoms with Gasteiger partial charge in [0.1, 0.15) is 5.75 Å². The molecule has 1 saturated carbocycles. The summed E-state index contributed by atoms with van der Waals surface area (Å²) in [6.07, 6.45) is 0.674. The SMILES string of the molecule is Cn1cc(-c2cnc(NCc3cccc(OC(F)(F)F)c3)nc2)cc(C2(C(=O)O)CC2)c1=O. The van der Waals surface area contributed by atoms with E-state index in [2.05, 4.69) is 20.0 Å². The van der Waals surface area contributed by atoms with Crippen LogP contribution in [0.5, 0.6) is 5.75 Å². The standard InChI is InChI=1S/C22H19F3N4O4/c1-29-12-14(8-17(18(29)30)21(5-6-21)19(31)32)15-10-27-20(28-11-15)26-9-13-3-2-4-16(7-13)33-22(23,24)25/h2-4,7-8,10-12H,5-6,9H2,1H3,(H,31,32)(H,26,27,28). The lowest BCUT2D eigenvalue weighted by Crippen LogP contribution is -2.31. The van der Waals surface area contributed by atoms with E-state index in [9.17, 15) is 27.9 Å². The molecule has 172 valence electrons. The third-order valence-corrected chi connectivity index (χ3v) is 5.43. The number of aromatic nitrogens is 3. The maximum absolute atomic E-state index is 12.5. The third-order valence-electron chi connectivity index (χ3n) is 5.43. The Kier molecular flexibility index (Phi) is 5.56. The first-order chi connectivity index (χ1) is 15.6. The molecule has 0 unspecified atom stereocenters. The highest BCUT2D eigenvalue weighted by molar-refractivity contribution is 5.85. The Morgan fingerprint density at radius 2 is 1.91 bits per heavy atom. The fourth-order valence-electron chi connectivity index (χ4n) is 3.54. The number of alkyl halides is 3. The topological polar surface area (TPSA) is 106 Å². The molecule has 0 spiro atoms. The van der Waals surface area contributed by atoms with Crippen molar-refractivity contribution < 1.29 is 27.8 Å². The number of anilines is 1. The highest BCUT2D eigenvalue weighted by Gasteiger charge is 2.53. The van der Waals surface area contributed by atoms with Crippen molar-refractivity contribution in [2.24, 2.45) is 7.05 Å². The van der Waals surface area contributed by atoms with E-state index < -0.39 is 17.7 Å². The number of hydrogen-bond donors (Lipinski definition) is 2. The molecule has 1 aliphatic rings. The van der Waals surface area contributed by atoms with E-state index in [1.807, 2.05) is 0 Å². The predicted octanol–water partition coefficient (Wildman–Crippen LogP) is 3.47. The molecule has 2 heterocycles. The summed E-state index contributed by atoms with van der Waals surface area (Å²) in [7, 11) is 1.56. The van der Waals surface area contributed by atoms with E-state index in [0.29, 0.717) is 29.5 Å². The Labute approximate surface area is 185 Å². The minimum Gasteiger partial charge on any atom is -0.481 e. The van der Waals surface area contributed by atoms with Crippen LogP contribution < -0.4 is 15.6 Å². The molecular formula is C22H19F3N4O4. The van der Waals surface area contributed by atoms with Crippen LogP contribution in [-0.2, 0) is 23.8 Å². The van der Waals surface area contributed by atoms with Gasteiger partial charge in [0.05, 0.1) is 5.41 Å². The molecule has 1 fully saturated rings. The number of carbonyl (C=O) groups is 1. The molecule has 8 nitrogen and oxygen atoms in total. The maximum Gasteiger partial charge on any atom is 0.573 e. The molecule has 1 aliphatic carbocycles. The van der Waals surface area contributed by atoms with Gasteiger partial charge in [-0.1, -0.05) is 12.1 Å². The molecule has 0 saturated heterocycles. The van der Waals surface area contributed by atoms with Gasteiger partial charge in [0.15, 0.2) is 0 Å². The van der Waals surface area contributed by atoms with Crippen LogP contribution in [0.25, 0.3) is 11.1 Å². The van der Waals surface area contributed by atoms with Crippen molar-refractivity contribution in [1.82, 2.24) is 14.5 Å². The zero-order valence-electron chi connectivity index (χ0n) is 17.4. The number of aryl methyl sites for hydroxylation is 1. The molecule has 11 heteroatoms. The Bertz CT molecular complexity index is 1250. The second kappa shape index (κ2) is 8.23. The molecule has 0 radical (unpaired) electrons. The van der Waals surface area contributed by atoms with Crippen molar-refractivity contribution in [3.8, 4) is 16.9 Å². The summed E-state index contributed by atoms with van der Waals surface area (Å²) >= 11 is 0. The Hall–Kier alpha value is -3.89. The number of benzene rings is 1. The van der Waals surface area contributed by atoms with Crippen molar-refractivity contribution in [1.29, 1.82) is 0 Å². The maximum atomic E-state index is 12.5. The van der Waals surface area contributed by atoms with Crippen LogP contribution in [0.1, 0.15) is 24.0 Å². The molecule has 0 amide bonds. The zero-order valence-corrected chi connectivity index (χ0v) is 17.4. The number of carboxylic acid groups (broad SMARTS) is 1. The molecule has 4 rings (SSSR count). The van der Waals surface area contributed by atoms with E-state index >= 15 is 0 Å². The molecule has 3 aromatic rings. The summed E-state index contributed by atoms with van der Waals surface area (Å²) in [5.74, 6) is -1.09. The number of halogens is 3. The summed E-state index contributed by atoms with van der Waals surface area (Å²) in [4.78, 5) is 32.6. The van der Waals surface area contributed by atoms with Gasteiger partial charge in [-0.3, -0.25) is 9.59 Å². The average Bonchev–Trinajstić information content (AvgIpc) is 3.56. The summed E-state index contributed by atoms with van der Waals surface area (Å²) in [6, 6.07) is 7.12. The van der Waals surface area contributed by atoms with Crippen LogP contribution in [-0.4, -0.2) is 32.0 Å². The third kappa shape index (κ3) is 4.81. The van der Waals surface area contributed by atoms with Crippen molar-refractivity contribution >= 4 is 11.9 Å². The first-order valence-corrected chi connectivity index (χ1v) is 9.93. The van der Waals surface area contributed by atoms with Crippen LogP contribution in [0.2, 0.25) is 0 Å². The number of aliphatic carboxylic acids is 1. The van der Waals surface area contributed by atoms with Gasteiger partial charge in [0.25, 0.3) is 5.56 Å². The van der Waals surface area contributed by atoms with Gasteiger partial charge >= 0.3 is 12.3 Å². The fraction of sp³-hybridized carbons (Fsp3) is 0.273. The average molecular weight is 460 g/mol. The summed E-state index contributed by atoms with van der Waals surface area (Å²) in [5.41, 5.74) is 0.461. The first kappa shape index (κ1) is 22.3. The molecule has 2 N–H and O–H groups in total. The molecule has 0 aliphatic heterocycles. The number of nitrogens with zero attached hydrogens (tertiary/aromatic N) is 3. The lowest BCUT2D eigenvalue weighted by molar-refractivity contribution is -0.274. The number of hydrogen-bond acceptors (Lipinski definition) is 6. The number of nitrogens with one attached hydrogen (secondary N) is 1. The quantitative estimate of drug-likeness (QED) is 0.556. The summed E-state index contributed by atoms with van der Waals surface area (Å²) in [5, 5.41) is 12.5. The van der Waals surface area contributed by atoms with Gasteiger partial charge in [0, 0.05) is 48.9 Å². The van der Waals surface area contributed by atoms with Crippen molar-refractivity contribution in [2.45, 2.75) is 31.2 Å². The first-order valence-electron chi connectivity index (χ1n) is 9.93. The lowest BCUT2D eigenvalue weighted by Gasteiger charge is -2.13. The lowest BCUT2D eigenvalue weighted by atomic mass is 9.95. The second-order valence-corrected chi connectivity index (χ2v) is 7.79. The van der Waals surface area contributed by atoms with Crippen molar-refractivity contribution in [3.63, 3.8) is 0 Å². The van der Waals surface area contributed by atoms with E-state index in [4.69, 9.17) is 0 Å².